The average Bonchev–Trinajstić information content (AvgIpc) is 2.35. The van der Waals surface area contributed by atoms with Crippen molar-refractivity contribution in [3.05, 3.63) is 22.9 Å². The molecule has 18 heavy (non-hydrogen) atoms. The molecule has 0 aromatic carbocycles. The van der Waals surface area contributed by atoms with E-state index in [0.29, 0.717) is 4.47 Å². The fourth-order valence-electron chi connectivity index (χ4n) is 1.10. The van der Waals surface area contributed by atoms with Crippen molar-refractivity contribution in [2.45, 2.75) is 10.9 Å². The van der Waals surface area contributed by atoms with Crippen molar-refractivity contribution in [1.29, 1.82) is 0 Å². The number of sulfonamides is 1. The molecule has 1 aromatic rings. The van der Waals surface area contributed by atoms with Gasteiger partial charge in [-0.15, -0.1) is 0 Å². The van der Waals surface area contributed by atoms with Crippen LogP contribution >= 0.6 is 15.9 Å². The lowest BCUT2D eigenvalue weighted by Crippen LogP contribution is -2.43. The first-order chi connectivity index (χ1) is 8.40. The normalized spacial score (nSPS) is 13.1. The van der Waals surface area contributed by atoms with Gasteiger partial charge in [-0.05, 0) is 22.0 Å². The quantitative estimate of drug-likeness (QED) is 0.711. The summed E-state index contributed by atoms with van der Waals surface area (Å²) in [6.07, 6.45) is 2.54. The van der Waals surface area contributed by atoms with Gasteiger partial charge in [0.25, 0.3) is 0 Å². The molecule has 1 atom stereocenters. The molecular weight excluding hydrogens is 328 g/mol. The second-order valence-electron chi connectivity index (χ2n) is 3.22. The van der Waals surface area contributed by atoms with E-state index in [1.165, 1.54) is 12.3 Å². The summed E-state index contributed by atoms with van der Waals surface area (Å²) in [7, 11) is -2.86. The zero-order valence-electron chi connectivity index (χ0n) is 9.33. The second-order valence-corrected chi connectivity index (χ2v) is 5.85. The second kappa shape index (κ2) is 6.23. The van der Waals surface area contributed by atoms with Gasteiger partial charge in [-0.25, -0.2) is 8.42 Å². The zero-order valence-corrected chi connectivity index (χ0v) is 11.7. The predicted octanol–water partition coefficient (Wildman–Crippen LogP) is -0.344. The maximum Gasteiger partial charge on any atom is 0.326 e. The fourth-order valence-corrected chi connectivity index (χ4v) is 2.78. The number of nitrogens with zero attached hydrogens (tertiary/aromatic N) is 1. The Morgan fingerprint density at radius 2 is 2.28 bits per heavy atom. The van der Waals surface area contributed by atoms with E-state index in [1.54, 1.807) is 0 Å². The third-order valence-corrected chi connectivity index (χ3v) is 3.83. The Morgan fingerprint density at radius 1 is 1.61 bits per heavy atom. The van der Waals surface area contributed by atoms with Gasteiger partial charge in [0.2, 0.25) is 10.0 Å². The molecule has 0 aliphatic rings. The number of carbonyl (C=O) groups excluding carboxylic acids is 1. The minimum Gasteiger partial charge on any atom is -0.468 e. The monoisotopic (exact) mass is 338 g/mol. The number of ether oxygens (including phenoxy) is 1. The first kappa shape index (κ1) is 15.0. The van der Waals surface area contributed by atoms with Crippen LogP contribution in [0.3, 0.4) is 0 Å². The smallest absolute Gasteiger partial charge is 0.326 e. The first-order valence-electron chi connectivity index (χ1n) is 4.72. The summed E-state index contributed by atoms with van der Waals surface area (Å²) in [5.74, 6) is -0.871. The van der Waals surface area contributed by atoms with Crippen LogP contribution in [0.15, 0.2) is 27.8 Å². The Labute approximate surface area is 112 Å². The number of aliphatic hydroxyl groups excluding tert-OH is 1. The lowest BCUT2D eigenvalue weighted by atomic mass is 10.3. The molecule has 0 saturated carbocycles. The molecule has 100 valence electrons. The van der Waals surface area contributed by atoms with Crippen LogP contribution in [0, 0.1) is 0 Å². The van der Waals surface area contributed by atoms with Gasteiger partial charge in [-0.1, -0.05) is 0 Å². The summed E-state index contributed by atoms with van der Waals surface area (Å²) < 4.78 is 30.6. The van der Waals surface area contributed by atoms with Crippen LogP contribution < -0.4 is 4.72 Å². The summed E-state index contributed by atoms with van der Waals surface area (Å²) >= 11 is 3.08. The van der Waals surface area contributed by atoms with E-state index in [1.807, 2.05) is 4.72 Å². The van der Waals surface area contributed by atoms with Crippen molar-refractivity contribution in [2.75, 3.05) is 13.7 Å². The number of nitrogens with one attached hydrogen (secondary N) is 1. The SMILES string of the molecule is COC(=O)C(CO)NS(=O)(=O)c1cncc(Br)c1. The molecule has 1 unspecified atom stereocenters. The third kappa shape index (κ3) is 3.73. The molecular formula is C9H11BrN2O5S. The van der Waals surface area contributed by atoms with Crippen molar-refractivity contribution < 1.29 is 23.1 Å². The third-order valence-electron chi connectivity index (χ3n) is 1.96. The van der Waals surface area contributed by atoms with E-state index in [-0.39, 0.29) is 4.90 Å². The minimum absolute atomic E-state index is 0.126. The molecule has 0 bridgehead atoms. The highest BCUT2D eigenvalue weighted by molar-refractivity contribution is 9.10. The predicted molar refractivity (Wildman–Crippen MR) is 65.1 cm³/mol. The number of hydrogen-bond acceptors (Lipinski definition) is 6. The topological polar surface area (TPSA) is 106 Å². The van der Waals surface area contributed by atoms with E-state index >= 15 is 0 Å². The van der Waals surface area contributed by atoms with Gasteiger partial charge in [0.1, 0.15) is 10.9 Å². The lowest BCUT2D eigenvalue weighted by molar-refractivity contribution is -0.143. The van der Waals surface area contributed by atoms with Crippen LogP contribution in [0.2, 0.25) is 0 Å². The molecule has 0 spiro atoms. The molecule has 0 amide bonds. The van der Waals surface area contributed by atoms with E-state index in [2.05, 4.69) is 25.7 Å². The average molecular weight is 339 g/mol. The van der Waals surface area contributed by atoms with Gasteiger partial charge in [0, 0.05) is 16.9 Å². The van der Waals surface area contributed by atoms with E-state index < -0.39 is 28.6 Å². The van der Waals surface area contributed by atoms with Crippen molar-refractivity contribution in [1.82, 2.24) is 9.71 Å². The van der Waals surface area contributed by atoms with Crippen LogP contribution in [0.4, 0.5) is 0 Å². The highest BCUT2D eigenvalue weighted by Gasteiger charge is 2.26. The maximum absolute atomic E-state index is 11.9. The number of aromatic nitrogens is 1. The van der Waals surface area contributed by atoms with Gasteiger partial charge in [-0.3, -0.25) is 9.78 Å². The maximum atomic E-state index is 11.9. The summed E-state index contributed by atoms with van der Waals surface area (Å²) in [4.78, 5) is 14.8. The van der Waals surface area contributed by atoms with Crippen LogP contribution in [-0.2, 0) is 19.6 Å². The molecule has 0 saturated heterocycles. The van der Waals surface area contributed by atoms with Crippen LogP contribution in [0.1, 0.15) is 0 Å². The van der Waals surface area contributed by atoms with E-state index in [9.17, 15) is 13.2 Å². The van der Waals surface area contributed by atoms with E-state index in [0.717, 1.165) is 13.3 Å². The Kier molecular flexibility index (Phi) is 5.20. The van der Waals surface area contributed by atoms with Crippen LogP contribution in [0.25, 0.3) is 0 Å². The summed E-state index contributed by atoms with van der Waals surface area (Å²) in [6, 6.07) is -0.0277. The largest absolute Gasteiger partial charge is 0.468 e. The first-order valence-corrected chi connectivity index (χ1v) is 7.00. The van der Waals surface area contributed by atoms with Gasteiger partial charge in [0.15, 0.2) is 0 Å². The fraction of sp³-hybridized carbons (Fsp3) is 0.333. The lowest BCUT2D eigenvalue weighted by Gasteiger charge is -2.13. The number of esters is 1. The van der Waals surface area contributed by atoms with Gasteiger partial charge in [-0.2, -0.15) is 4.72 Å². The molecule has 0 aliphatic heterocycles. The summed E-state index contributed by atoms with van der Waals surface area (Å²) in [6.45, 7) is -0.701. The van der Waals surface area contributed by atoms with Gasteiger partial charge < -0.3 is 9.84 Å². The van der Waals surface area contributed by atoms with Crippen molar-refractivity contribution in [3.63, 3.8) is 0 Å². The van der Waals surface area contributed by atoms with Crippen molar-refractivity contribution in [3.8, 4) is 0 Å². The Bertz CT molecular complexity index is 534. The van der Waals surface area contributed by atoms with Crippen molar-refractivity contribution >= 4 is 31.9 Å². The van der Waals surface area contributed by atoms with Gasteiger partial charge >= 0.3 is 5.97 Å². The van der Waals surface area contributed by atoms with E-state index in [4.69, 9.17) is 5.11 Å². The number of rotatable bonds is 5. The summed E-state index contributed by atoms with van der Waals surface area (Å²) in [5.41, 5.74) is 0. The highest BCUT2D eigenvalue weighted by atomic mass is 79.9. The molecule has 0 radical (unpaired) electrons. The standard InChI is InChI=1S/C9H11BrN2O5S/c1-17-9(14)8(5-13)12-18(15,16)7-2-6(10)3-11-4-7/h2-4,8,12-13H,5H2,1H3. The molecule has 9 heteroatoms. The molecule has 2 N–H and O–H groups in total. The number of halogens is 1. The number of hydrogen-bond donors (Lipinski definition) is 2. The van der Waals surface area contributed by atoms with Crippen LogP contribution in [-0.4, -0.2) is 44.2 Å². The molecule has 0 aliphatic carbocycles. The Morgan fingerprint density at radius 3 is 2.78 bits per heavy atom. The Balaban J connectivity index is 2.97. The number of carbonyl (C=O) groups is 1. The number of methoxy groups -OCH3 is 1. The highest BCUT2D eigenvalue weighted by Crippen LogP contribution is 2.14. The Hall–Kier alpha value is -1.03. The number of aliphatic hydroxyl groups is 1. The molecule has 1 rings (SSSR count). The molecule has 0 fully saturated rings. The minimum atomic E-state index is -3.95. The van der Waals surface area contributed by atoms with Crippen LogP contribution in [0.5, 0.6) is 0 Å². The number of pyridine rings is 1. The van der Waals surface area contributed by atoms with Gasteiger partial charge in [0.05, 0.1) is 13.7 Å². The molecule has 1 heterocycles. The van der Waals surface area contributed by atoms with Crippen molar-refractivity contribution in [2.24, 2.45) is 0 Å². The summed E-state index contributed by atoms with van der Waals surface area (Å²) in [5, 5.41) is 8.94. The molecule has 1 aromatic heterocycles. The molecule has 7 nitrogen and oxygen atoms in total. The zero-order chi connectivity index (χ0) is 13.8.